The summed E-state index contributed by atoms with van der Waals surface area (Å²) in [7, 11) is 0. The minimum atomic E-state index is 0.628. The molecule has 0 aliphatic carbocycles. The normalized spacial score (nSPS) is 10.2. The van der Waals surface area contributed by atoms with Crippen molar-refractivity contribution in [2.75, 3.05) is 5.32 Å². The smallest absolute Gasteiger partial charge is 0.188 e. The molecule has 5 nitrogen and oxygen atoms in total. The molecule has 0 amide bonds. The molecule has 0 bridgehead atoms. The molecular weight excluding hydrogens is 246 g/mol. The Bertz CT molecular complexity index is 623. The van der Waals surface area contributed by atoms with Gasteiger partial charge in [0, 0.05) is 24.0 Å². The van der Waals surface area contributed by atoms with Gasteiger partial charge in [0.1, 0.15) is 11.5 Å². The molecule has 88 valence electrons. The van der Waals surface area contributed by atoms with Crippen LogP contribution in [0.4, 0.5) is 10.9 Å². The summed E-state index contributed by atoms with van der Waals surface area (Å²) in [5, 5.41) is 5.83. The van der Waals surface area contributed by atoms with E-state index in [4.69, 9.17) is 0 Å². The van der Waals surface area contributed by atoms with Crippen LogP contribution in [-0.4, -0.2) is 19.9 Å². The van der Waals surface area contributed by atoms with Crippen molar-refractivity contribution >= 4 is 22.3 Å². The van der Waals surface area contributed by atoms with Crippen molar-refractivity contribution in [3.8, 4) is 11.5 Å². The lowest BCUT2D eigenvalue weighted by Gasteiger charge is -1.99. The number of aromatic nitrogens is 4. The third kappa shape index (κ3) is 2.33. The Balaban J connectivity index is 1.82. The number of hydrogen-bond donors (Lipinski definition) is 1. The summed E-state index contributed by atoms with van der Waals surface area (Å²) in [5.41, 5.74) is 0.763. The highest BCUT2D eigenvalue weighted by Gasteiger charge is 2.06. The van der Waals surface area contributed by atoms with Crippen LogP contribution < -0.4 is 5.32 Å². The molecule has 1 N–H and O–H groups in total. The summed E-state index contributed by atoms with van der Waals surface area (Å²) in [4.78, 5) is 16.9. The number of hydrogen-bond acceptors (Lipinski definition) is 6. The van der Waals surface area contributed by atoms with Crippen molar-refractivity contribution in [3.05, 3.63) is 48.2 Å². The van der Waals surface area contributed by atoms with Gasteiger partial charge >= 0.3 is 0 Å². The third-order valence-corrected chi connectivity index (χ3v) is 2.96. The molecule has 0 atom stereocenters. The second-order valence-corrected chi connectivity index (χ2v) is 4.31. The zero-order chi connectivity index (χ0) is 12.2. The van der Waals surface area contributed by atoms with Crippen LogP contribution in [0.1, 0.15) is 0 Å². The lowest BCUT2D eigenvalue weighted by molar-refractivity contribution is 1.15. The number of nitrogens with one attached hydrogen (secondary N) is 1. The monoisotopic (exact) mass is 255 g/mol. The molecule has 3 rings (SSSR count). The molecule has 0 fully saturated rings. The second kappa shape index (κ2) is 4.89. The summed E-state index contributed by atoms with van der Waals surface area (Å²) in [5.74, 6) is 1.40. The molecule has 0 radical (unpaired) electrons. The fraction of sp³-hybridized carbons (Fsp3) is 0. The van der Waals surface area contributed by atoms with Gasteiger partial charge in [-0.05, 0) is 18.2 Å². The maximum atomic E-state index is 4.42. The van der Waals surface area contributed by atoms with E-state index >= 15 is 0 Å². The van der Waals surface area contributed by atoms with Crippen molar-refractivity contribution < 1.29 is 0 Å². The zero-order valence-corrected chi connectivity index (χ0v) is 10.1. The summed E-state index contributed by atoms with van der Waals surface area (Å²) in [6, 6.07) is 7.46. The van der Waals surface area contributed by atoms with Gasteiger partial charge in [0.25, 0.3) is 0 Å². The first kappa shape index (κ1) is 10.8. The first-order valence-electron chi connectivity index (χ1n) is 5.33. The van der Waals surface area contributed by atoms with Crippen molar-refractivity contribution in [1.29, 1.82) is 0 Å². The van der Waals surface area contributed by atoms with E-state index < -0.39 is 0 Å². The van der Waals surface area contributed by atoms with E-state index in [2.05, 4.69) is 25.3 Å². The van der Waals surface area contributed by atoms with Crippen LogP contribution in [0.3, 0.4) is 0 Å². The van der Waals surface area contributed by atoms with Crippen LogP contribution in [0.25, 0.3) is 11.5 Å². The Kier molecular flexibility index (Phi) is 2.93. The average Bonchev–Trinajstić information content (AvgIpc) is 2.89. The Morgan fingerprint density at radius 1 is 0.944 bits per heavy atom. The number of anilines is 2. The van der Waals surface area contributed by atoms with Crippen LogP contribution in [0.15, 0.2) is 48.2 Å². The zero-order valence-electron chi connectivity index (χ0n) is 9.32. The largest absolute Gasteiger partial charge is 0.316 e. The van der Waals surface area contributed by atoms with Gasteiger partial charge in [0.15, 0.2) is 11.0 Å². The Hall–Kier alpha value is -2.34. The van der Waals surface area contributed by atoms with E-state index in [1.807, 2.05) is 23.6 Å². The molecule has 0 aliphatic rings. The van der Waals surface area contributed by atoms with Crippen LogP contribution in [0, 0.1) is 0 Å². The van der Waals surface area contributed by atoms with Crippen molar-refractivity contribution in [3.63, 3.8) is 0 Å². The molecule has 0 saturated heterocycles. The molecule has 0 saturated carbocycles. The summed E-state index contributed by atoms with van der Waals surface area (Å²) in [6.45, 7) is 0. The Labute approximate surface area is 108 Å². The number of rotatable bonds is 3. The molecule has 6 heteroatoms. The summed E-state index contributed by atoms with van der Waals surface area (Å²) >= 11 is 1.50. The number of pyridine rings is 1. The van der Waals surface area contributed by atoms with Gasteiger partial charge in [-0.15, -0.1) is 11.3 Å². The Morgan fingerprint density at radius 3 is 2.56 bits per heavy atom. The molecule has 3 aromatic heterocycles. The number of thiazole rings is 1. The van der Waals surface area contributed by atoms with E-state index in [-0.39, 0.29) is 0 Å². The Morgan fingerprint density at radius 2 is 1.78 bits per heavy atom. The minimum Gasteiger partial charge on any atom is -0.316 e. The predicted molar refractivity (Wildman–Crippen MR) is 70.7 cm³/mol. The topological polar surface area (TPSA) is 63.6 Å². The highest BCUT2D eigenvalue weighted by Crippen LogP contribution is 2.23. The third-order valence-electron chi connectivity index (χ3n) is 2.20. The van der Waals surface area contributed by atoms with E-state index in [9.17, 15) is 0 Å². The standard InChI is InChI=1S/C12H9N5S/c1-2-5-13-10(4-1)17-12-16-9(8-18-12)11-14-6-3-7-15-11/h1-8H,(H,13,16,17). The van der Waals surface area contributed by atoms with Crippen LogP contribution >= 0.6 is 11.3 Å². The lowest BCUT2D eigenvalue weighted by atomic mass is 10.4. The van der Waals surface area contributed by atoms with E-state index in [0.29, 0.717) is 5.82 Å². The molecule has 0 aliphatic heterocycles. The highest BCUT2D eigenvalue weighted by molar-refractivity contribution is 7.14. The van der Waals surface area contributed by atoms with Gasteiger partial charge in [-0.3, -0.25) is 0 Å². The maximum Gasteiger partial charge on any atom is 0.188 e. The lowest BCUT2D eigenvalue weighted by Crippen LogP contribution is -1.92. The van der Waals surface area contributed by atoms with Gasteiger partial charge in [0.2, 0.25) is 0 Å². The van der Waals surface area contributed by atoms with Gasteiger partial charge in [-0.1, -0.05) is 6.07 Å². The average molecular weight is 255 g/mol. The molecule has 0 spiro atoms. The van der Waals surface area contributed by atoms with Gasteiger partial charge < -0.3 is 5.32 Å². The van der Waals surface area contributed by atoms with Crippen LogP contribution in [0.5, 0.6) is 0 Å². The second-order valence-electron chi connectivity index (χ2n) is 3.45. The van der Waals surface area contributed by atoms with Crippen molar-refractivity contribution in [2.24, 2.45) is 0 Å². The molecule has 18 heavy (non-hydrogen) atoms. The summed E-state index contributed by atoms with van der Waals surface area (Å²) < 4.78 is 0. The maximum absolute atomic E-state index is 4.42. The first-order chi connectivity index (χ1) is 8.92. The predicted octanol–water partition coefficient (Wildman–Crippen LogP) is 2.74. The van der Waals surface area contributed by atoms with E-state index in [1.54, 1.807) is 24.7 Å². The van der Waals surface area contributed by atoms with Crippen molar-refractivity contribution in [2.45, 2.75) is 0 Å². The van der Waals surface area contributed by atoms with Gasteiger partial charge in [-0.2, -0.15) is 0 Å². The van der Waals surface area contributed by atoms with Gasteiger partial charge in [0.05, 0.1) is 0 Å². The van der Waals surface area contributed by atoms with E-state index in [1.165, 1.54) is 11.3 Å². The van der Waals surface area contributed by atoms with Crippen LogP contribution in [-0.2, 0) is 0 Å². The van der Waals surface area contributed by atoms with Gasteiger partial charge in [-0.25, -0.2) is 19.9 Å². The molecule has 0 unspecified atom stereocenters. The minimum absolute atomic E-state index is 0.628. The summed E-state index contributed by atoms with van der Waals surface area (Å²) in [6.07, 6.45) is 5.14. The highest BCUT2D eigenvalue weighted by atomic mass is 32.1. The molecule has 0 aromatic carbocycles. The molecule has 3 aromatic rings. The fourth-order valence-electron chi connectivity index (χ4n) is 1.41. The quantitative estimate of drug-likeness (QED) is 0.779. The molecular formula is C12H9N5S. The fourth-order valence-corrected chi connectivity index (χ4v) is 2.11. The molecule has 3 heterocycles. The first-order valence-corrected chi connectivity index (χ1v) is 6.21. The SMILES string of the molecule is c1ccc(Nc2nc(-c3ncccn3)cs2)nc1. The number of nitrogens with zero attached hydrogens (tertiary/aromatic N) is 4. The van der Waals surface area contributed by atoms with Crippen LogP contribution in [0.2, 0.25) is 0 Å². The van der Waals surface area contributed by atoms with Crippen molar-refractivity contribution in [1.82, 2.24) is 19.9 Å². The van der Waals surface area contributed by atoms with E-state index in [0.717, 1.165) is 16.6 Å².